The third-order valence-electron chi connectivity index (χ3n) is 2.42. The molecule has 0 spiro atoms. The van der Waals surface area contributed by atoms with Crippen LogP contribution in [0.15, 0.2) is 10.5 Å². The molecule has 0 atom stereocenters. The normalized spacial score (nSPS) is 10.4. The molecule has 0 aliphatic rings. The van der Waals surface area contributed by atoms with Crippen molar-refractivity contribution in [2.24, 2.45) is 0 Å². The fraction of sp³-hybridized carbons (Fsp3) is 0.545. The van der Waals surface area contributed by atoms with Gasteiger partial charge in [-0.15, -0.1) is 0 Å². The number of hydrogen-bond acceptors (Lipinski definition) is 3. The van der Waals surface area contributed by atoms with E-state index in [1.165, 1.54) is 0 Å². The van der Waals surface area contributed by atoms with E-state index in [9.17, 15) is 4.79 Å². The van der Waals surface area contributed by atoms with Gasteiger partial charge in [-0.1, -0.05) is 0 Å². The van der Waals surface area contributed by atoms with E-state index in [4.69, 9.17) is 9.52 Å². The van der Waals surface area contributed by atoms with Gasteiger partial charge in [-0.3, -0.25) is 4.79 Å². The topological polar surface area (TPSA) is 53.7 Å². The molecule has 1 heterocycles. The summed E-state index contributed by atoms with van der Waals surface area (Å²) in [7, 11) is 0. The molecular weight excluding hydrogens is 194 g/mol. The fourth-order valence-electron chi connectivity index (χ4n) is 1.36. The third-order valence-corrected chi connectivity index (χ3v) is 2.42. The third kappa shape index (κ3) is 2.59. The van der Waals surface area contributed by atoms with Gasteiger partial charge in [0.1, 0.15) is 5.76 Å². The van der Waals surface area contributed by atoms with Gasteiger partial charge in [-0.2, -0.15) is 0 Å². The van der Waals surface area contributed by atoms with Crippen molar-refractivity contribution >= 4 is 5.91 Å². The lowest BCUT2D eigenvalue weighted by Crippen LogP contribution is -2.33. The molecule has 0 fully saturated rings. The number of amides is 1. The van der Waals surface area contributed by atoms with Gasteiger partial charge in [0.15, 0.2) is 5.76 Å². The molecule has 1 amide bonds. The van der Waals surface area contributed by atoms with Crippen LogP contribution in [-0.4, -0.2) is 35.6 Å². The average molecular weight is 211 g/mol. The van der Waals surface area contributed by atoms with Gasteiger partial charge >= 0.3 is 0 Å². The van der Waals surface area contributed by atoms with Gasteiger partial charge in [0.2, 0.25) is 0 Å². The van der Waals surface area contributed by atoms with Crippen LogP contribution < -0.4 is 0 Å². The van der Waals surface area contributed by atoms with E-state index in [0.29, 0.717) is 18.8 Å². The molecule has 4 heteroatoms. The molecule has 1 rings (SSSR count). The molecule has 0 aromatic carbocycles. The van der Waals surface area contributed by atoms with Crippen LogP contribution in [0.4, 0.5) is 0 Å². The van der Waals surface area contributed by atoms with Gasteiger partial charge < -0.3 is 14.4 Å². The van der Waals surface area contributed by atoms with E-state index < -0.39 is 0 Å². The zero-order valence-corrected chi connectivity index (χ0v) is 9.41. The summed E-state index contributed by atoms with van der Waals surface area (Å²) in [5.41, 5.74) is 0.971. The molecular formula is C11H17NO3. The molecule has 0 aliphatic carbocycles. The standard InChI is InChI=1S/C11H17NO3/c1-4-12(5-6-13)11(14)10-7-8(2)9(3)15-10/h7,13H,4-6H2,1-3H3. The van der Waals surface area contributed by atoms with E-state index in [0.717, 1.165) is 11.3 Å². The SMILES string of the molecule is CCN(CCO)C(=O)c1cc(C)c(C)o1. The second-order valence-corrected chi connectivity index (χ2v) is 3.46. The summed E-state index contributed by atoms with van der Waals surface area (Å²) in [6.07, 6.45) is 0. The zero-order chi connectivity index (χ0) is 11.4. The highest BCUT2D eigenvalue weighted by Gasteiger charge is 2.18. The van der Waals surface area contributed by atoms with Gasteiger partial charge in [-0.25, -0.2) is 0 Å². The molecule has 0 unspecified atom stereocenters. The van der Waals surface area contributed by atoms with Crippen molar-refractivity contribution in [2.75, 3.05) is 19.7 Å². The average Bonchev–Trinajstić information content (AvgIpc) is 2.55. The van der Waals surface area contributed by atoms with E-state index in [1.54, 1.807) is 11.0 Å². The Morgan fingerprint density at radius 2 is 2.20 bits per heavy atom. The van der Waals surface area contributed by atoms with Crippen LogP contribution in [-0.2, 0) is 0 Å². The van der Waals surface area contributed by atoms with Gasteiger partial charge in [0.05, 0.1) is 6.61 Å². The van der Waals surface area contributed by atoms with Crippen molar-refractivity contribution < 1.29 is 14.3 Å². The maximum atomic E-state index is 11.9. The zero-order valence-electron chi connectivity index (χ0n) is 9.41. The number of likely N-dealkylation sites (N-methyl/N-ethyl adjacent to an activating group) is 1. The van der Waals surface area contributed by atoms with Gasteiger partial charge in [0.25, 0.3) is 5.91 Å². The smallest absolute Gasteiger partial charge is 0.289 e. The number of aliphatic hydroxyl groups excluding tert-OH is 1. The van der Waals surface area contributed by atoms with Gasteiger partial charge in [0, 0.05) is 13.1 Å². The predicted octanol–water partition coefficient (Wildman–Crippen LogP) is 1.35. The minimum absolute atomic E-state index is 0.0295. The molecule has 1 aromatic heterocycles. The first kappa shape index (κ1) is 11.8. The maximum Gasteiger partial charge on any atom is 0.289 e. The quantitative estimate of drug-likeness (QED) is 0.818. The first-order chi connectivity index (χ1) is 7.10. The van der Waals surface area contributed by atoms with E-state index in [-0.39, 0.29) is 12.5 Å². The molecule has 15 heavy (non-hydrogen) atoms. The van der Waals surface area contributed by atoms with Crippen molar-refractivity contribution in [1.82, 2.24) is 4.90 Å². The Balaban J connectivity index is 2.82. The number of nitrogens with zero attached hydrogens (tertiary/aromatic N) is 1. The van der Waals surface area contributed by atoms with Crippen LogP contribution in [0.2, 0.25) is 0 Å². The molecule has 0 aliphatic heterocycles. The summed E-state index contributed by atoms with van der Waals surface area (Å²) in [6, 6.07) is 1.73. The lowest BCUT2D eigenvalue weighted by atomic mass is 10.2. The Kier molecular flexibility index (Phi) is 3.91. The summed E-state index contributed by atoms with van der Waals surface area (Å²) >= 11 is 0. The fourth-order valence-corrected chi connectivity index (χ4v) is 1.36. The number of aryl methyl sites for hydroxylation is 2. The van der Waals surface area contributed by atoms with E-state index in [1.807, 2.05) is 20.8 Å². The van der Waals surface area contributed by atoms with Crippen molar-refractivity contribution in [2.45, 2.75) is 20.8 Å². The van der Waals surface area contributed by atoms with E-state index >= 15 is 0 Å². The van der Waals surface area contributed by atoms with Crippen LogP contribution in [0.5, 0.6) is 0 Å². The minimum Gasteiger partial charge on any atom is -0.456 e. The Labute approximate surface area is 89.5 Å². The lowest BCUT2D eigenvalue weighted by Gasteiger charge is -2.17. The molecule has 4 nitrogen and oxygen atoms in total. The summed E-state index contributed by atoms with van der Waals surface area (Å²) in [5.74, 6) is 0.946. The second-order valence-electron chi connectivity index (χ2n) is 3.46. The Morgan fingerprint density at radius 3 is 2.60 bits per heavy atom. The van der Waals surface area contributed by atoms with Crippen LogP contribution in [0, 0.1) is 13.8 Å². The number of carbonyl (C=O) groups excluding carboxylic acids is 1. The van der Waals surface area contributed by atoms with Crippen LogP contribution in [0.3, 0.4) is 0 Å². The molecule has 1 aromatic rings. The van der Waals surface area contributed by atoms with Crippen molar-refractivity contribution in [1.29, 1.82) is 0 Å². The lowest BCUT2D eigenvalue weighted by molar-refractivity contribution is 0.0699. The molecule has 0 radical (unpaired) electrons. The highest BCUT2D eigenvalue weighted by molar-refractivity contribution is 5.91. The molecule has 0 bridgehead atoms. The molecule has 1 N–H and O–H groups in total. The summed E-state index contributed by atoms with van der Waals surface area (Å²) in [4.78, 5) is 13.4. The number of furan rings is 1. The largest absolute Gasteiger partial charge is 0.456 e. The molecule has 0 saturated carbocycles. The van der Waals surface area contributed by atoms with Crippen LogP contribution >= 0.6 is 0 Å². The van der Waals surface area contributed by atoms with Crippen LogP contribution in [0.1, 0.15) is 28.8 Å². The van der Waals surface area contributed by atoms with Gasteiger partial charge in [-0.05, 0) is 32.4 Å². The Bertz CT molecular complexity index is 324. The van der Waals surface area contributed by atoms with Crippen LogP contribution in [0.25, 0.3) is 0 Å². The molecule has 84 valence electrons. The molecule has 0 saturated heterocycles. The predicted molar refractivity (Wildman–Crippen MR) is 56.8 cm³/mol. The van der Waals surface area contributed by atoms with Crippen molar-refractivity contribution in [3.8, 4) is 0 Å². The number of rotatable bonds is 4. The van der Waals surface area contributed by atoms with Crippen molar-refractivity contribution in [3.63, 3.8) is 0 Å². The summed E-state index contributed by atoms with van der Waals surface area (Å²) in [5, 5.41) is 8.80. The first-order valence-electron chi connectivity index (χ1n) is 5.07. The second kappa shape index (κ2) is 4.98. The number of aliphatic hydroxyl groups is 1. The summed E-state index contributed by atoms with van der Waals surface area (Å²) < 4.78 is 5.33. The highest BCUT2D eigenvalue weighted by atomic mass is 16.4. The monoisotopic (exact) mass is 211 g/mol. The minimum atomic E-state index is -0.164. The first-order valence-corrected chi connectivity index (χ1v) is 5.07. The van der Waals surface area contributed by atoms with Crippen molar-refractivity contribution in [3.05, 3.63) is 23.2 Å². The van der Waals surface area contributed by atoms with E-state index in [2.05, 4.69) is 0 Å². The highest BCUT2D eigenvalue weighted by Crippen LogP contribution is 2.14. The Hall–Kier alpha value is -1.29. The summed E-state index contributed by atoms with van der Waals surface area (Å²) in [6.45, 7) is 6.48. The number of carbonyl (C=O) groups is 1. The Morgan fingerprint density at radius 1 is 1.53 bits per heavy atom. The maximum absolute atomic E-state index is 11.9. The number of hydrogen-bond donors (Lipinski definition) is 1.